The third kappa shape index (κ3) is 19.3. The molecule has 10 heterocycles. The number of likely N-dealkylation sites (N-methyl/N-ethyl adjacent to an activating group) is 1. The summed E-state index contributed by atoms with van der Waals surface area (Å²) in [4.78, 5) is 138. The molecule has 0 atom stereocenters. The fraction of sp³-hybridized carbons (Fsp3) is 0.347. The van der Waals surface area contributed by atoms with Crippen molar-refractivity contribution in [2.45, 2.75) is 116 Å². The number of aromatic nitrogens is 4. The molecule has 0 spiro atoms. The van der Waals surface area contributed by atoms with Crippen LogP contribution in [0.1, 0.15) is 98.4 Å². The lowest BCUT2D eigenvalue weighted by atomic mass is 9.94. The van der Waals surface area contributed by atoms with E-state index in [-0.39, 0.29) is 95.8 Å². The van der Waals surface area contributed by atoms with Gasteiger partial charge in [0.2, 0.25) is 35.4 Å². The van der Waals surface area contributed by atoms with Gasteiger partial charge in [0, 0.05) is 207 Å². The zero-order chi connectivity index (χ0) is 87.4. The van der Waals surface area contributed by atoms with Crippen LogP contribution >= 0.6 is 61.7 Å². The molecule has 1 aliphatic carbocycles. The number of fused-ring (bicyclic) bond motifs is 6. The van der Waals surface area contributed by atoms with Gasteiger partial charge in [-0.25, -0.2) is 0 Å². The summed E-state index contributed by atoms with van der Waals surface area (Å²) in [6.45, 7) is 25.7. The molecule has 10 aromatic rings. The number of halogens is 4. The molecule has 6 aliphatic heterocycles. The summed E-state index contributed by atoms with van der Waals surface area (Å²) in [7, 11) is 5.12. The third-order valence-electron chi connectivity index (χ3n) is 24.4. The van der Waals surface area contributed by atoms with Gasteiger partial charge in [0.05, 0.1) is 56.0 Å². The molecule has 24 nitrogen and oxygen atoms in total. The zero-order valence-corrected chi connectivity index (χ0v) is 75.0. The van der Waals surface area contributed by atoms with Gasteiger partial charge in [0.25, 0.3) is 11.8 Å². The van der Waals surface area contributed by atoms with Crippen LogP contribution < -0.4 is 14.8 Å². The Morgan fingerprint density at radius 2 is 1.06 bits per heavy atom. The molecule has 0 radical (unpaired) electrons. The number of aryl methyl sites for hydroxylation is 1. The Morgan fingerprint density at radius 3 is 1.58 bits per heavy atom. The summed E-state index contributed by atoms with van der Waals surface area (Å²) < 4.78 is 21.1. The predicted molar refractivity (Wildman–Crippen MR) is 489 cm³/mol. The first-order chi connectivity index (χ1) is 59.2. The Hall–Kier alpha value is -11.1. The lowest BCUT2D eigenvalue weighted by Crippen LogP contribution is -2.61. The highest BCUT2D eigenvalue weighted by atomic mass is 127. The number of likely N-dealkylation sites (tertiary alicyclic amines) is 4. The molecule has 4 aromatic heterocycles. The van der Waals surface area contributed by atoms with Crippen LogP contribution in [0.3, 0.4) is 0 Å². The van der Waals surface area contributed by atoms with Gasteiger partial charge in [-0.05, 0) is 194 Å². The first-order valence-electron chi connectivity index (χ1n) is 41.4. The average Bonchev–Trinajstić information content (AvgIpc) is 1.49. The second-order valence-corrected chi connectivity index (χ2v) is 35.6. The number of hydrogen-bond acceptors (Lipinski definition) is 12. The van der Waals surface area contributed by atoms with Crippen LogP contribution in [0.4, 0.5) is 0 Å². The van der Waals surface area contributed by atoms with E-state index in [4.69, 9.17) is 32.7 Å². The number of Topliss-reactive ketones (excluding diaryl/α,β-unsaturated/α-hetero) is 2. The summed E-state index contributed by atoms with van der Waals surface area (Å²) in [5.74, 6) is 2.33. The fourth-order valence-corrected chi connectivity index (χ4v) is 19.1. The average molecular weight is 1880 g/mol. The van der Waals surface area contributed by atoms with Crippen molar-refractivity contribution in [1.82, 2.24) is 57.9 Å². The van der Waals surface area contributed by atoms with Crippen molar-refractivity contribution in [3.8, 4) is 11.5 Å². The smallest absolute Gasteiger partial charge is 0.256 e. The van der Waals surface area contributed by atoms with E-state index in [1.807, 2.05) is 145 Å². The van der Waals surface area contributed by atoms with Crippen molar-refractivity contribution in [3.05, 3.63) is 247 Å². The number of carbonyl (C=O) groups excluding carboxylic acids is 10. The highest BCUT2D eigenvalue weighted by Crippen LogP contribution is 2.47. The molecular weight excluding hydrogens is 1780 g/mol. The standard InChI is InChI=1S/C31H35ClN4O4.C30H31BrN4O4.C17H17ClN2O2.C17H17IN2O2/c1-6-25-29(31(39)34-12-11-23-20(15-34)9-8-10-26(23)40-5)24-14-21(32)13-19(3)30(24)36(25)18-28(38)33(4)22-16-35(17-22)27(37)7-2;1-3-27(37)34-15-21(16-34)32-26(36)17-35-24-10-9-20(31)13-23(24)28(29(35)18-7-8-18)30(38)33-12-11-22-19(14-33)5-4-6-25(22)39-2;2*1-2-17(22)20-9-12(10-20)7-15(21)11-19-6-5-13-8-14(18)3-4-16(13)19/h7-10,13-14,22H,2,6,11-12,15-18H2,1,3-5H3;3-6,9-10,13,18,21H,1,7-8,11-12,14-17H2,2H3,(H,32,36);2*2-6,8,12H,1,7,9-11H2. The maximum atomic E-state index is 14.2. The Morgan fingerprint density at radius 1 is 0.553 bits per heavy atom. The molecule has 17 rings (SSSR count). The minimum Gasteiger partial charge on any atom is -0.496 e. The van der Waals surface area contributed by atoms with E-state index < -0.39 is 0 Å². The first kappa shape index (κ1) is 88.2. The van der Waals surface area contributed by atoms with E-state index in [0.717, 1.165) is 118 Å². The number of hydrogen-bond donors (Lipinski definition) is 1. The molecular formula is C95H100BrCl2IN12O12. The number of benzene rings is 6. The lowest BCUT2D eigenvalue weighted by Gasteiger charge is -2.43. The summed E-state index contributed by atoms with van der Waals surface area (Å²) in [6.07, 6.45) is 14.2. The molecule has 640 valence electrons. The number of nitrogens with zero attached hydrogens (tertiary/aromatic N) is 11. The van der Waals surface area contributed by atoms with Crippen molar-refractivity contribution in [3.63, 3.8) is 0 Å². The number of nitrogens with one attached hydrogen (secondary N) is 1. The Bertz CT molecular complexity index is 5770. The molecule has 1 N–H and O–H groups in total. The quantitative estimate of drug-likeness (QED) is 0.0439. The van der Waals surface area contributed by atoms with Crippen LogP contribution in [0.15, 0.2) is 183 Å². The Kier molecular flexibility index (Phi) is 27.5. The molecule has 7 aliphatic rings. The van der Waals surface area contributed by atoms with Crippen LogP contribution in [0.2, 0.25) is 10.0 Å². The molecule has 5 fully saturated rings. The van der Waals surface area contributed by atoms with E-state index >= 15 is 0 Å². The summed E-state index contributed by atoms with van der Waals surface area (Å²) in [6, 6.07) is 37.3. The molecule has 28 heteroatoms. The van der Waals surface area contributed by atoms with Crippen LogP contribution in [-0.2, 0) is 96.9 Å². The molecule has 0 bridgehead atoms. The van der Waals surface area contributed by atoms with E-state index in [0.29, 0.717) is 144 Å². The number of carbonyl (C=O) groups is 10. The van der Waals surface area contributed by atoms with E-state index in [2.05, 4.69) is 94.4 Å². The number of amides is 8. The minimum atomic E-state index is -0.129. The highest BCUT2D eigenvalue weighted by molar-refractivity contribution is 14.1. The monoisotopic (exact) mass is 1880 g/mol. The third-order valence-corrected chi connectivity index (χ3v) is 26.0. The molecule has 6 aromatic carbocycles. The van der Waals surface area contributed by atoms with Gasteiger partial charge >= 0.3 is 0 Å². The van der Waals surface area contributed by atoms with Crippen molar-refractivity contribution in [1.29, 1.82) is 0 Å². The van der Waals surface area contributed by atoms with Gasteiger partial charge in [-0.3, -0.25) is 47.9 Å². The van der Waals surface area contributed by atoms with E-state index in [1.54, 1.807) is 45.8 Å². The van der Waals surface area contributed by atoms with E-state index in [9.17, 15) is 47.9 Å². The van der Waals surface area contributed by atoms with E-state index in [1.165, 1.54) is 27.9 Å². The van der Waals surface area contributed by atoms with Gasteiger partial charge in [0.15, 0.2) is 11.6 Å². The fourth-order valence-electron chi connectivity index (χ4n) is 17.8. The maximum absolute atomic E-state index is 14.2. The molecule has 0 unspecified atom stereocenters. The number of methoxy groups -OCH3 is 2. The van der Waals surface area contributed by atoms with Crippen LogP contribution in [-0.4, -0.2) is 210 Å². The van der Waals surface area contributed by atoms with Crippen LogP contribution in [0, 0.1) is 22.3 Å². The van der Waals surface area contributed by atoms with Crippen molar-refractivity contribution < 1.29 is 57.4 Å². The van der Waals surface area contributed by atoms with Crippen molar-refractivity contribution >= 4 is 164 Å². The second kappa shape index (κ2) is 38.4. The van der Waals surface area contributed by atoms with Crippen molar-refractivity contribution in [2.75, 3.05) is 86.7 Å². The van der Waals surface area contributed by atoms with Crippen molar-refractivity contribution in [2.24, 2.45) is 11.8 Å². The lowest BCUT2D eigenvalue weighted by molar-refractivity contribution is -0.142. The van der Waals surface area contributed by atoms with Gasteiger partial charge < -0.3 is 67.4 Å². The number of ketones is 2. The largest absolute Gasteiger partial charge is 0.496 e. The summed E-state index contributed by atoms with van der Waals surface area (Å²) >= 11 is 18.3. The van der Waals surface area contributed by atoms with Gasteiger partial charge in [-0.15, -0.1) is 0 Å². The molecule has 4 saturated heterocycles. The maximum Gasteiger partial charge on any atom is 0.256 e. The number of ether oxygens (including phenoxy) is 2. The minimum absolute atomic E-state index is 0.00482. The highest BCUT2D eigenvalue weighted by Gasteiger charge is 2.41. The Balaban J connectivity index is 0.000000139. The van der Waals surface area contributed by atoms with Crippen LogP contribution in [0.5, 0.6) is 11.5 Å². The van der Waals surface area contributed by atoms with Crippen LogP contribution in [0.25, 0.3) is 43.6 Å². The molecule has 8 amide bonds. The zero-order valence-electron chi connectivity index (χ0n) is 69.7. The Labute approximate surface area is 746 Å². The second-order valence-electron chi connectivity index (χ2n) is 32.5. The topological polar surface area (TPSA) is 244 Å². The first-order valence-corrected chi connectivity index (χ1v) is 44.0. The molecule has 1 saturated carbocycles. The SMILES string of the molecule is C=CC(=O)N1CC(CC(=O)Cn2ccc3cc(Cl)ccc32)C1.C=CC(=O)N1CC(CC(=O)Cn2ccc3cc(I)ccc32)C1.C=CC(=O)N1CC(N(C)C(=O)Cn2c(CC)c(C(=O)N3CCc4c(cccc4OC)C3)c3cc(Cl)cc(C)c32)C1.C=CC(=O)N1CC(NC(=O)Cn2c(C3CC3)c(C(=O)N3CCc4c(cccc4OC)C3)c3cc(Br)ccc32)C1. The summed E-state index contributed by atoms with van der Waals surface area (Å²) in [5, 5.41) is 8.13. The predicted octanol–water partition coefficient (Wildman–Crippen LogP) is 14.0. The van der Waals surface area contributed by atoms with Gasteiger partial charge in [-0.1, -0.05) is 96.6 Å². The number of rotatable bonds is 24. The van der Waals surface area contributed by atoms with Gasteiger partial charge in [0.1, 0.15) is 24.6 Å². The summed E-state index contributed by atoms with van der Waals surface area (Å²) in [5.41, 5.74) is 12.3. The normalized spacial score (nSPS) is 15.6. The molecule has 123 heavy (non-hydrogen) atoms. The van der Waals surface area contributed by atoms with Gasteiger partial charge in [-0.2, -0.15) is 0 Å².